The van der Waals surface area contributed by atoms with Crippen LogP contribution in [0.1, 0.15) is 23.1 Å². The number of benzene rings is 3. The van der Waals surface area contributed by atoms with Crippen molar-refractivity contribution in [3.8, 4) is 11.5 Å². The maximum absolute atomic E-state index is 10.1. The Balaban J connectivity index is 1.58. The van der Waals surface area contributed by atoms with Crippen molar-refractivity contribution in [3.63, 3.8) is 0 Å². The molecule has 1 heterocycles. The summed E-state index contributed by atoms with van der Waals surface area (Å²) in [4.78, 5) is 2.37. The quantitative estimate of drug-likeness (QED) is 0.724. The molecule has 4 rings (SSSR count). The molecule has 132 valence electrons. The standard InChI is InChI=1S/C23H23NO2/c25-21-12-7-13-22-20(21)14-15-23(26-22)24(16-18-8-3-1-4-9-18)17-19-10-5-2-6-11-19/h1-13,23,25H,14-17H2. The highest BCUT2D eigenvalue weighted by Gasteiger charge is 2.27. The molecule has 3 heteroatoms. The first kappa shape index (κ1) is 16.7. The Labute approximate surface area is 154 Å². The van der Waals surface area contributed by atoms with Crippen LogP contribution in [0.3, 0.4) is 0 Å². The maximum atomic E-state index is 10.1. The first-order chi connectivity index (χ1) is 12.8. The zero-order valence-corrected chi connectivity index (χ0v) is 14.7. The van der Waals surface area contributed by atoms with E-state index in [0.29, 0.717) is 5.75 Å². The van der Waals surface area contributed by atoms with Crippen LogP contribution in [0.5, 0.6) is 11.5 Å². The molecule has 0 aliphatic carbocycles. The van der Waals surface area contributed by atoms with E-state index in [0.717, 1.165) is 37.2 Å². The molecular formula is C23H23NO2. The van der Waals surface area contributed by atoms with Gasteiger partial charge in [-0.2, -0.15) is 0 Å². The summed E-state index contributed by atoms with van der Waals surface area (Å²) in [5, 5.41) is 10.1. The van der Waals surface area contributed by atoms with Crippen molar-refractivity contribution >= 4 is 0 Å². The van der Waals surface area contributed by atoms with Crippen LogP contribution in [-0.4, -0.2) is 16.2 Å². The van der Waals surface area contributed by atoms with E-state index in [1.54, 1.807) is 6.07 Å². The Morgan fingerprint density at radius 1 is 0.808 bits per heavy atom. The fraction of sp³-hybridized carbons (Fsp3) is 0.217. The minimum atomic E-state index is -0.00953. The van der Waals surface area contributed by atoms with Gasteiger partial charge in [0.15, 0.2) is 6.23 Å². The predicted octanol–water partition coefficient (Wildman–Crippen LogP) is 4.75. The van der Waals surface area contributed by atoms with E-state index in [1.807, 2.05) is 24.3 Å². The van der Waals surface area contributed by atoms with Crippen LogP contribution in [0, 0.1) is 0 Å². The summed E-state index contributed by atoms with van der Waals surface area (Å²) in [5.74, 6) is 1.13. The second-order valence-corrected chi connectivity index (χ2v) is 6.74. The Morgan fingerprint density at radius 2 is 1.42 bits per heavy atom. The second-order valence-electron chi connectivity index (χ2n) is 6.74. The number of rotatable bonds is 5. The molecule has 0 bridgehead atoms. The lowest BCUT2D eigenvalue weighted by Crippen LogP contribution is -2.40. The molecule has 0 fully saturated rings. The minimum absolute atomic E-state index is 0.00953. The van der Waals surface area contributed by atoms with Gasteiger partial charge in [-0.25, -0.2) is 0 Å². The number of phenolic OH excluding ortho intramolecular Hbond substituents is 1. The van der Waals surface area contributed by atoms with Gasteiger partial charge in [0.2, 0.25) is 0 Å². The summed E-state index contributed by atoms with van der Waals surface area (Å²) >= 11 is 0. The number of phenols is 1. The molecule has 1 atom stereocenters. The van der Waals surface area contributed by atoms with Crippen molar-refractivity contribution in [2.24, 2.45) is 0 Å². The van der Waals surface area contributed by atoms with Crippen LogP contribution in [0.25, 0.3) is 0 Å². The van der Waals surface area contributed by atoms with E-state index in [-0.39, 0.29) is 6.23 Å². The van der Waals surface area contributed by atoms with Gasteiger partial charge in [0.25, 0.3) is 0 Å². The van der Waals surface area contributed by atoms with Crippen molar-refractivity contribution in [3.05, 3.63) is 95.6 Å². The SMILES string of the molecule is Oc1cccc2c1CCC(N(Cc1ccccc1)Cc1ccccc1)O2. The topological polar surface area (TPSA) is 32.7 Å². The summed E-state index contributed by atoms with van der Waals surface area (Å²) in [6.45, 7) is 1.66. The molecule has 3 aromatic carbocycles. The minimum Gasteiger partial charge on any atom is -0.508 e. The van der Waals surface area contributed by atoms with E-state index < -0.39 is 0 Å². The van der Waals surface area contributed by atoms with E-state index >= 15 is 0 Å². The number of ether oxygens (including phenoxy) is 1. The van der Waals surface area contributed by atoms with Crippen molar-refractivity contribution in [1.29, 1.82) is 0 Å². The number of hydrogen-bond donors (Lipinski definition) is 1. The fourth-order valence-electron chi connectivity index (χ4n) is 3.54. The third-order valence-electron chi connectivity index (χ3n) is 4.88. The fourth-order valence-corrected chi connectivity index (χ4v) is 3.54. The third kappa shape index (κ3) is 3.73. The predicted molar refractivity (Wildman–Crippen MR) is 103 cm³/mol. The van der Waals surface area contributed by atoms with Crippen LogP contribution in [0.15, 0.2) is 78.9 Å². The molecule has 1 unspecified atom stereocenters. The number of aromatic hydroxyl groups is 1. The first-order valence-electron chi connectivity index (χ1n) is 9.09. The molecule has 0 spiro atoms. The van der Waals surface area contributed by atoms with Crippen LogP contribution in [0.2, 0.25) is 0 Å². The molecular weight excluding hydrogens is 322 g/mol. The molecule has 1 aliphatic rings. The lowest BCUT2D eigenvalue weighted by Gasteiger charge is -2.35. The highest BCUT2D eigenvalue weighted by atomic mass is 16.5. The molecule has 0 radical (unpaired) electrons. The molecule has 0 saturated heterocycles. The monoisotopic (exact) mass is 345 g/mol. The summed E-state index contributed by atoms with van der Waals surface area (Å²) in [6, 6.07) is 26.5. The van der Waals surface area contributed by atoms with Crippen LogP contribution >= 0.6 is 0 Å². The molecule has 0 saturated carbocycles. The molecule has 3 nitrogen and oxygen atoms in total. The Kier molecular flexibility index (Phi) is 4.89. The van der Waals surface area contributed by atoms with Crippen LogP contribution < -0.4 is 4.74 Å². The molecule has 0 aromatic heterocycles. The number of nitrogens with zero attached hydrogens (tertiary/aromatic N) is 1. The normalized spacial score (nSPS) is 16.1. The Morgan fingerprint density at radius 3 is 2.04 bits per heavy atom. The summed E-state index contributed by atoms with van der Waals surface area (Å²) in [6.07, 6.45) is 1.68. The number of hydrogen-bond acceptors (Lipinski definition) is 3. The lowest BCUT2D eigenvalue weighted by atomic mass is 10.0. The smallest absolute Gasteiger partial charge is 0.153 e. The van der Waals surface area contributed by atoms with Gasteiger partial charge in [-0.15, -0.1) is 0 Å². The van der Waals surface area contributed by atoms with E-state index in [9.17, 15) is 5.11 Å². The first-order valence-corrected chi connectivity index (χ1v) is 9.09. The largest absolute Gasteiger partial charge is 0.508 e. The van der Waals surface area contributed by atoms with Gasteiger partial charge in [-0.05, 0) is 29.7 Å². The molecule has 1 aliphatic heterocycles. The van der Waals surface area contributed by atoms with Crippen molar-refractivity contribution in [2.45, 2.75) is 32.2 Å². The third-order valence-corrected chi connectivity index (χ3v) is 4.88. The van der Waals surface area contributed by atoms with Gasteiger partial charge in [-0.1, -0.05) is 66.7 Å². The number of fused-ring (bicyclic) bond motifs is 1. The molecule has 3 aromatic rings. The highest BCUT2D eigenvalue weighted by molar-refractivity contribution is 5.45. The summed E-state index contributed by atoms with van der Waals surface area (Å²) < 4.78 is 6.29. The van der Waals surface area contributed by atoms with Crippen molar-refractivity contribution in [2.75, 3.05) is 0 Å². The maximum Gasteiger partial charge on any atom is 0.153 e. The van der Waals surface area contributed by atoms with Gasteiger partial charge < -0.3 is 9.84 Å². The van der Waals surface area contributed by atoms with E-state index in [2.05, 4.69) is 53.4 Å². The zero-order valence-electron chi connectivity index (χ0n) is 14.7. The average Bonchev–Trinajstić information content (AvgIpc) is 2.69. The van der Waals surface area contributed by atoms with Gasteiger partial charge >= 0.3 is 0 Å². The zero-order chi connectivity index (χ0) is 17.8. The van der Waals surface area contributed by atoms with E-state index in [4.69, 9.17) is 4.74 Å². The van der Waals surface area contributed by atoms with Gasteiger partial charge in [0, 0.05) is 25.1 Å². The molecule has 0 amide bonds. The van der Waals surface area contributed by atoms with Crippen LogP contribution in [0.4, 0.5) is 0 Å². The van der Waals surface area contributed by atoms with Crippen LogP contribution in [-0.2, 0) is 19.5 Å². The van der Waals surface area contributed by atoms with E-state index in [1.165, 1.54) is 11.1 Å². The Bertz CT molecular complexity index is 807. The highest BCUT2D eigenvalue weighted by Crippen LogP contribution is 2.35. The summed E-state index contributed by atoms with van der Waals surface area (Å²) in [5.41, 5.74) is 3.46. The lowest BCUT2D eigenvalue weighted by molar-refractivity contribution is -0.00267. The van der Waals surface area contributed by atoms with Gasteiger partial charge in [0.1, 0.15) is 11.5 Å². The Hall–Kier alpha value is -2.78. The average molecular weight is 345 g/mol. The molecule has 1 N–H and O–H groups in total. The summed E-state index contributed by atoms with van der Waals surface area (Å²) in [7, 11) is 0. The van der Waals surface area contributed by atoms with Gasteiger partial charge in [-0.3, -0.25) is 4.90 Å². The molecule has 26 heavy (non-hydrogen) atoms. The van der Waals surface area contributed by atoms with Crippen molar-refractivity contribution < 1.29 is 9.84 Å². The second kappa shape index (κ2) is 7.63. The van der Waals surface area contributed by atoms with Gasteiger partial charge in [0.05, 0.1) is 0 Å². The van der Waals surface area contributed by atoms with Crippen molar-refractivity contribution in [1.82, 2.24) is 4.90 Å².